The lowest BCUT2D eigenvalue weighted by atomic mass is 9.86. The number of aromatic nitrogens is 1. The summed E-state index contributed by atoms with van der Waals surface area (Å²) >= 11 is 0. The van der Waals surface area contributed by atoms with Crippen molar-refractivity contribution >= 4 is 11.5 Å². The fourth-order valence-corrected chi connectivity index (χ4v) is 3.11. The van der Waals surface area contributed by atoms with Crippen LogP contribution in [0.15, 0.2) is 18.5 Å². The standard InChI is InChI=1S/C14H17N3O4/c1-15-7-10-12(18)6-13(21-14(10)3-4-14)9-2-5-16-8-11(9)17(19)20/h2,5,8,10,13,15H,3-4,6-7H2,1H3/t10?,13-/m1/s1. The summed E-state index contributed by atoms with van der Waals surface area (Å²) in [6, 6.07) is 1.57. The van der Waals surface area contributed by atoms with Gasteiger partial charge >= 0.3 is 0 Å². The Balaban J connectivity index is 1.89. The molecule has 3 rings (SSSR count). The van der Waals surface area contributed by atoms with E-state index in [2.05, 4.69) is 10.3 Å². The molecule has 1 N–H and O–H groups in total. The number of pyridine rings is 1. The van der Waals surface area contributed by atoms with Crippen LogP contribution in [-0.2, 0) is 9.53 Å². The second kappa shape index (κ2) is 5.16. The van der Waals surface area contributed by atoms with Crippen LogP contribution in [0.25, 0.3) is 0 Å². The quantitative estimate of drug-likeness (QED) is 0.665. The number of carbonyl (C=O) groups excluding carboxylic acids is 1. The van der Waals surface area contributed by atoms with Gasteiger partial charge in [0.25, 0.3) is 5.69 Å². The largest absolute Gasteiger partial charge is 0.366 e. The maximum absolute atomic E-state index is 12.4. The molecule has 0 aromatic carbocycles. The van der Waals surface area contributed by atoms with E-state index in [4.69, 9.17) is 4.74 Å². The van der Waals surface area contributed by atoms with Gasteiger partial charge < -0.3 is 10.1 Å². The summed E-state index contributed by atoms with van der Waals surface area (Å²) in [4.78, 5) is 26.8. The lowest BCUT2D eigenvalue weighted by Gasteiger charge is -2.36. The predicted octanol–water partition coefficient (Wildman–Crippen LogP) is 1.39. The molecule has 21 heavy (non-hydrogen) atoms. The number of nitrogens with zero attached hydrogens (tertiary/aromatic N) is 2. The zero-order valence-corrected chi connectivity index (χ0v) is 11.7. The molecule has 1 aromatic heterocycles. The highest BCUT2D eigenvalue weighted by Crippen LogP contribution is 2.54. The first-order chi connectivity index (χ1) is 10.1. The van der Waals surface area contributed by atoms with E-state index in [0.717, 1.165) is 12.8 Å². The third kappa shape index (κ3) is 2.43. The minimum Gasteiger partial charge on any atom is -0.366 e. The van der Waals surface area contributed by atoms with Crippen LogP contribution >= 0.6 is 0 Å². The van der Waals surface area contributed by atoms with Crippen LogP contribution in [0.1, 0.15) is 30.9 Å². The first kappa shape index (κ1) is 14.1. The van der Waals surface area contributed by atoms with Gasteiger partial charge in [-0.1, -0.05) is 0 Å². The lowest BCUT2D eigenvalue weighted by molar-refractivity contribution is -0.386. The molecule has 1 aliphatic carbocycles. The molecular formula is C14H17N3O4. The topological polar surface area (TPSA) is 94.4 Å². The van der Waals surface area contributed by atoms with Gasteiger partial charge in [0, 0.05) is 19.2 Å². The number of hydrogen-bond donors (Lipinski definition) is 1. The molecule has 1 spiro atoms. The van der Waals surface area contributed by atoms with Gasteiger partial charge in [0.05, 0.1) is 28.1 Å². The predicted molar refractivity (Wildman–Crippen MR) is 73.7 cm³/mol. The molecule has 0 radical (unpaired) electrons. The van der Waals surface area contributed by atoms with Crippen LogP contribution in [0, 0.1) is 16.0 Å². The molecule has 1 aromatic rings. The number of carbonyl (C=O) groups is 1. The van der Waals surface area contributed by atoms with Crippen molar-refractivity contribution in [2.24, 2.45) is 5.92 Å². The van der Waals surface area contributed by atoms with Crippen LogP contribution in [0.4, 0.5) is 5.69 Å². The highest BCUT2D eigenvalue weighted by Gasteiger charge is 2.58. The Morgan fingerprint density at radius 3 is 2.95 bits per heavy atom. The SMILES string of the molecule is CNCC1C(=O)C[C@H](c2ccncc2[N+](=O)[O-])OC12CC2. The number of hydrogen-bond acceptors (Lipinski definition) is 6. The molecule has 112 valence electrons. The average Bonchev–Trinajstić information content (AvgIpc) is 3.23. The van der Waals surface area contributed by atoms with Gasteiger partial charge in [0.1, 0.15) is 12.0 Å². The molecule has 0 amide bonds. The summed E-state index contributed by atoms with van der Waals surface area (Å²) in [5.74, 6) is -0.0381. The summed E-state index contributed by atoms with van der Waals surface area (Å²) in [7, 11) is 1.81. The summed E-state index contributed by atoms with van der Waals surface area (Å²) in [5.41, 5.74) is -0.0733. The normalized spacial score (nSPS) is 26.8. The first-order valence-corrected chi connectivity index (χ1v) is 7.01. The first-order valence-electron chi connectivity index (χ1n) is 7.01. The van der Waals surface area contributed by atoms with E-state index in [0.29, 0.717) is 12.1 Å². The highest BCUT2D eigenvalue weighted by molar-refractivity contribution is 5.84. The minimum atomic E-state index is -0.545. The Bertz CT molecular complexity index is 585. The Labute approximate surface area is 121 Å². The Hall–Kier alpha value is -1.86. The number of ether oxygens (including phenoxy) is 1. The Morgan fingerprint density at radius 2 is 2.33 bits per heavy atom. The van der Waals surface area contributed by atoms with E-state index in [1.165, 1.54) is 12.4 Å². The Morgan fingerprint density at radius 1 is 1.57 bits per heavy atom. The number of nitro groups is 1. The third-order valence-corrected chi connectivity index (χ3v) is 4.31. The van der Waals surface area contributed by atoms with Crippen LogP contribution < -0.4 is 5.32 Å². The van der Waals surface area contributed by atoms with Crippen molar-refractivity contribution in [2.75, 3.05) is 13.6 Å². The molecular weight excluding hydrogens is 274 g/mol. The smallest absolute Gasteiger partial charge is 0.293 e. The molecule has 1 saturated heterocycles. The maximum atomic E-state index is 12.4. The van der Waals surface area contributed by atoms with Gasteiger partial charge in [-0.3, -0.25) is 19.9 Å². The van der Waals surface area contributed by atoms with Gasteiger partial charge in [-0.15, -0.1) is 0 Å². The molecule has 2 atom stereocenters. The summed E-state index contributed by atoms with van der Waals surface area (Å²) in [6.07, 6.45) is 4.01. The lowest BCUT2D eigenvalue weighted by Crippen LogP contribution is -2.44. The molecule has 1 unspecified atom stereocenters. The van der Waals surface area contributed by atoms with Crippen molar-refractivity contribution in [3.8, 4) is 0 Å². The van der Waals surface area contributed by atoms with E-state index in [1.807, 2.05) is 7.05 Å². The van der Waals surface area contributed by atoms with Crippen molar-refractivity contribution < 1.29 is 14.5 Å². The van der Waals surface area contributed by atoms with Crippen LogP contribution in [0.3, 0.4) is 0 Å². The summed E-state index contributed by atoms with van der Waals surface area (Å²) in [6.45, 7) is 0.587. The summed E-state index contributed by atoms with van der Waals surface area (Å²) in [5, 5.41) is 14.1. The van der Waals surface area contributed by atoms with Crippen LogP contribution in [0.5, 0.6) is 0 Å². The third-order valence-electron chi connectivity index (χ3n) is 4.31. The zero-order chi connectivity index (χ0) is 15.0. The second-order valence-corrected chi connectivity index (χ2v) is 5.64. The average molecular weight is 291 g/mol. The number of Topliss-reactive ketones (excluding diaryl/α,β-unsaturated/α-hetero) is 1. The molecule has 1 aliphatic heterocycles. The molecule has 2 fully saturated rings. The van der Waals surface area contributed by atoms with E-state index < -0.39 is 16.6 Å². The Kier molecular flexibility index (Phi) is 3.46. The highest BCUT2D eigenvalue weighted by atomic mass is 16.6. The van der Waals surface area contributed by atoms with E-state index >= 15 is 0 Å². The molecule has 2 aliphatic rings. The van der Waals surface area contributed by atoms with Crippen LogP contribution in [0.2, 0.25) is 0 Å². The van der Waals surface area contributed by atoms with Crippen molar-refractivity contribution in [1.29, 1.82) is 0 Å². The fraction of sp³-hybridized carbons (Fsp3) is 0.571. The van der Waals surface area contributed by atoms with E-state index in [-0.39, 0.29) is 23.8 Å². The van der Waals surface area contributed by atoms with E-state index in [9.17, 15) is 14.9 Å². The van der Waals surface area contributed by atoms with Gasteiger partial charge in [-0.05, 0) is 26.0 Å². The van der Waals surface area contributed by atoms with Gasteiger partial charge in [0.15, 0.2) is 0 Å². The molecule has 1 saturated carbocycles. The van der Waals surface area contributed by atoms with Crippen molar-refractivity contribution in [1.82, 2.24) is 10.3 Å². The fourth-order valence-electron chi connectivity index (χ4n) is 3.11. The number of rotatable bonds is 4. The molecule has 7 nitrogen and oxygen atoms in total. The zero-order valence-electron chi connectivity index (χ0n) is 11.7. The van der Waals surface area contributed by atoms with Crippen molar-refractivity contribution in [3.05, 3.63) is 34.1 Å². The number of ketones is 1. The van der Waals surface area contributed by atoms with Gasteiger partial charge in [0.2, 0.25) is 0 Å². The van der Waals surface area contributed by atoms with E-state index in [1.54, 1.807) is 6.07 Å². The maximum Gasteiger partial charge on any atom is 0.293 e. The molecule has 0 bridgehead atoms. The van der Waals surface area contributed by atoms with Crippen molar-refractivity contribution in [2.45, 2.75) is 31.0 Å². The van der Waals surface area contributed by atoms with Gasteiger partial charge in [-0.25, -0.2) is 0 Å². The second-order valence-electron chi connectivity index (χ2n) is 5.64. The number of nitrogens with one attached hydrogen (secondary N) is 1. The molecule has 2 heterocycles. The van der Waals surface area contributed by atoms with Crippen LogP contribution in [-0.4, -0.2) is 34.9 Å². The summed E-state index contributed by atoms with van der Waals surface area (Å²) < 4.78 is 6.10. The van der Waals surface area contributed by atoms with Gasteiger partial charge in [-0.2, -0.15) is 0 Å². The van der Waals surface area contributed by atoms with Crippen molar-refractivity contribution in [3.63, 3.8) is 0 Å². The minimum absolute atomic E-state index is 0.0850. The molecule has 7 heteroatoms. The monoisotopic (exact) mass is 291 g/mol.